The Morgan fingerprint density at radius 2 is 1.81 bits per heavy atom. The lowest BCUT2D eigenvalue weighted by molar-refractivity contribution is -0.138. The number of nitrogens with two attached hydrogens (primary N) is 1. The first kappa shape index (κ1) is 17.0. The SMILES string of the molecule is NC(=O)NCCNC(=O)N1CCC(OCCC(=O)O)CC1. The zero-order valence-electron chi connectivity index (χ0n) is 11.8. The van der Waals surface area contributed by atoms with Crippen molar-refractivity contribution >= 4 is 18.0 Å². The second-order valence-electron chi connectivity index (χ2n) is 4.72. The van der Waals surface area contributed by atoms with Crippen molar-refractivity contribution in [2.24, 2.45) is 5.73 Å². The van der Waals surface area contributed by atoms with E-state index in [1.165, 1.54) is 0 Å². The molecular formula is C12H22N4O5. The largest absolute Gasteiger partial charge is 0.481 e. The van der Waals surface area contributed by atoms with E-state index < -0.39 is 12.0 Å². The summed E-state index contributed by atoms with van der Waals surface area (Å²) in [4.78, 5) is 34.3. The average molecular weight is 302 g/mol. The van der Waals surface area contributed by atoms with Crippen LogP contribution in [0.4, 0.5) is 9.59 Å². The van der Waals surface area contributed by atoms with Crippen molar-refractivity contribution in [2.45, 2.75) is 25.4 Å². The van der Waals surface area contributed by atoms with Gasteiger partial charge in [-0.15, -0.1) is 0 Å². The van der Waals surface area contributed by atoms with E-state index in [1.807, 2.05) is 0 Å². The molecule has 21 heavy (non-hydrogen) atoms. The fourth-order valence-corrected chi connectivity index (χ4v) is 2.01. The van der Waals surface area contributed by atoms with Gasteiger partial charge in [-0.2, -0.15) is 0 Å². The van der Waals surface area contributed by atoms with Crippen molar-refractivity contribution in [1.29, 1.82) is 0 Å². The average Bonchev–Trinajstić information content (AvgIpc) is 2.43. The number of ether oxygens (including phenoxy) is 1. The van der Waals surface area contributed by atoms with E-state index in [1.54, 1.807) is 4.90 Å². The lowest BCUT2D eigenvalue weighted by Gasteiger charge is -2.31. The molecule has 4 amide bonds. The summed E-state index contributed by atoms with van der Waals surface area (Å²) in [6.07, 6.45) is 1.37. The minimum absolute atomic E-state index is 0.00456. The molecule has 0 unspecified atom stereocenters. The summed E-state index contributed by atoms with van der Waals surface area (Å²) in [6.45, 7) is 1.93. The number of carboxylic acids is 1. The quantitative estimate of drug-likeness (QED) is 0.462. The number of carbonyl (C=O) groups excluding carboxylic acids is 2. The van der Waals surface area contributed by atoms with Crippen molar-refractivity contribution in [3.05, 3.63) is 0 Å². The molecule has 0 aliphatic carbocycles. The van der Waals surface area contributed by atoms with Gasteiger partial charge < -0.3 is 31.1 Å². The third-order valence-corrected chi connectivity index (χ3v) is 3.10. The van der Waals surface area contributed by atoms with Crippen molar-refractivity contribution in [3.8, 4) is 0 Å². The number of hydrogen-bond donors (Lipinski definition) is 4. The predicted molar refractivity (Wildman–Crippen MR) is 73.8 cm³/mol. The van der Waals surface area contributed by atoms with Gasteiger partial charge in [-0.25, -0.2) is 9.59 Å². The molecule has 0 spiro atoms. The normalized spacial score (nSPS) is 15.5. The third-order valence-electron chi connectivity index (χ3n) is 3.10. The van der Waals surface area contributed by atoms with Gasteiger partial charge in [0.05, 0.1) is 19.1 Å². The molecule has 1 fully saturated rings. The van der Waals surface area contributed by atoms with Crippen LogP contribution >= 0.6 is 0 Å². The fraction of sp³-hybridized carbons (Fsp3) is 0.750. The Morgan fingerprint density at radius 3 is 2.38 bits per heavy atom. The van der Waals surface area contributed by atoms with Crippen molar-refractivity contribution in [2.75, 3.05) is 32.8 Å². The summed E-state index contributed by atoms with van der Waals surface area (Å²) in [7, 11) is 0. The highest BCUT2D eigenvalue weighted by Gasteiger charge is 2.22. The number of carboxylic acid groups (broad SMARTS) is 1. The predicted octanol–water partition coefficient (Wildman–Crippen LogP) is -0.680. The van der Waals surface area contributed by atoms with Crippen molar-refractivity contribution in [3.63, 3.8) is 0 Å². The number of hydrogen-bond acceptors (Lipinski definition) is 4. The standard InChI is InChI=1S/C12H22N4O5/c13-11(19)14-4-5-15-12(20)16-6-1-9(2-7-16)21-8-3-10(17)18/h9H,1-8H2,(H,15,20)(H,17,18)(H3,13,14,19). The Kier molecular flexibility index (Phi) is 7.30. The number of piperidine rings is 1. The van der Waals surface area contributed by atoms with Crippen molar-refractivity contribution in [1.82, 2.24) is 15.5 Å². The molecule has 1 rings (SSSR count). The number of carbonyl (C=O) groups is 3. The van der Waals surface area contributed by atoms with Crippen LogP contribution in [-0.2, 0) is 9.53 Å². The first-order valence-corrected chi connectivity index (χ1v) is 6.88. The van der Waals surface area contributed by atoms with Crippen LogP contribution < -0.4 is 16.4 Å². The van der Waals surface area contributed by atoms with Crippen LogP contribution in [0.5, 0.6) is 0 Å². The molecule has 0 aromatic carbocycles. The van der Waals surface area contributed by atoms with E-state index in [0.29, 0.717) is 32.5 Å². The summed E-state index contributed by atoms with van der Waals surface area (Å²) in [5, 5.41) is 13.6. The Balaban J connectivity index is 2.12. The molecule has 1 aliphatic heterocycles. The molecule has 0 bridgehead atoms. The molecule has 1 aliphatic rings. The highest BCUT2D eigenvalue weighted by Crippen LogP contribution is 2.13. The number of rotatable bonds is 7. The third kappa shape index (κ3) is 7.35. The minimum atomic E-state index is -0.878. The van der Waals surface area contributed by atoms with E-state index in [2.05, 4.69) is 10.6 Å². The monoisotopic (exact) mass is 302 g/mol. The molecule has 9 nitrogen and oxygen atoms in total. The molecule has 1 heterocycles. The van der Waals surface area contributed by atoms with Crippen molar-refractivity contribution < 1.29 is 24.2 Å². The van der Waals surface area contributed by atoms with Crippen LogP contribution in [0.1, 0.15) is 19.3 Å². The van der Waals surface area contributed by atoms with Gasteiger partial charge in [0, 0.05) is 26.2 Å². The number of urea groups is 2. The van der Waals surface area contributed by atoms with Crippen LogP contribution in [0, 0.1) is 0 Å². The van der Waals surface area contributed by atoms with E-state index in [-0.39, 0.29) is 31.7 Å². The molecule has 9 heteroatoms. The maximum atomic E-state index is 11.8. The van der Waals surface area contributed by atoms with E-state index in [0.717, 1.165) is 0 Å². The Hall–Kier alpha value is -2.03. The maximum absolute atomic E-state index is 11.8. The van der Waals surface area contributed by atoms with Gasteiger partial charge in [0.1, 0.15) is 0 Å². The van der Waals surface area contributed by atoms with Crippen LogP contribution in [0.25, 0.3) is 0 Å². The summed E-state index contributed by atoms with van der Waals surface area (Å²) >= 11 is 0. The second kappa shape index (κ2) is 9.01. The molecule has 0 radical (unpaired) electrons. The van der Waals surface area contributed by atoms with Gasteiger partial charge in [0.25, 0.3) is 0 Å². The zero-order chi connectivity index (χ0) is 15.7. The molecular weight excluding hydrogens is 280 g/mol. The van der Waals surface area contributed by atoms with Crippen LogP contribution in [-0.4, -0.2) is 66.9 Å². The topological polar surface area (TPSA) is 134 Å². The molecule has 0 saturated carbocycles. The van der Waals surface area contributed by atoms with E-state index in [4.69, 9.17) is 15.6 Å². The Morgan fingerprint density at radius 1 is 1.19 bits per heavy atom. The smallest absolute Gasteiger partial charge is 0.317 e. The second-order valence-corrected chi connectivity index (χ2v) is 4.72. The molecule has 1 saturated heterocycles. The van der Waals surface area contributed by atoms with Gasteiger partial charge in [0.15, 0.2) is 0 Å². The summed E-state index contributed by atoms with van der Waals surface area (Å²) in [5.41, 5.74) is 4.90. The molecule has 0 aromatic rings. The lowest BCUT2D eigenvalue weighted by atomic mass is 10.1. The molecule has 120 valence electrons. The van der Waals surface area contributed by atoms with Gasteiger partial charge in [-0.1, -0.05) is 0 Å². The number of primary amides is 1. The molecule has 5 N–H and O–H groups in total. The highest BCUT2D eigenvalue weighted by molar-refractivity contribution is 5.74. The minimum Gasteiger partial charge on any atom is -0.481 e. The summed E-state index contributed by atoms with van der Waals surface area (Å²) < 4.78 is 5.45. The number of nitrogens with one attached hydrogen (secondary N) is 2. The van der Waals surface area contributed by atoms with Gasteiger partial charge >= 0.3 is 18.0 Å². The van der Waals surface area contributed by atoms with Gasteiger partial charge in [-0.3, -0.25) is 4.79 Å². The number of aliphatic carboxylic acids is 1. The van der Waals surface area contributed by atoms with E-state index >= 15 is 0 Å². The molecule has 0 aromatic heterocycles. The van der Waals surface area contributed by atoms with E-state index in [9.17, 15) is 14.4 Å². The Bertz CT molecular complexity index is 369. The number of amides is 4. The van der Waals surface area contributed by atoms with Gasteiger partial charge in [0.2, 0.25) is 0 Å². The number of likely N-dealkylation sites (tertiary alicyclic amines) is 1. The Labute approximate surface area is 122 Å². The highest BCUT2D eigenvalue weighted by atomic mass is 16.5. The lowest BCUT2D eigenvalue weighted by Crippen LogP contribution is -2.47. The van der Waals surface area contributed by atoms with Crippen LogP contribution in [0.3, 0.4) is 0 Å². The zero-order valence-corrected chi connectivity index (χ0v) is 11.8. The van der Waals surface area contributed by atoms with Crippen LogP contribution in [0.2, 0.25) is 0 Å². The summed E-state index contributed by atoms with van der Waals surface area (Å²) in [5.74, 6) is -0.878. The first-order valence-electron chi connectivity index (χ1n) is 6.88. The molecule has 0 atom stereocenters. The number of nitrogens with zero attached hydrogens (tertiary/aromatic N) is 1. The summed E-state index contributed by atoms with van der Waals surface area (Å²) in [6, 6.07) is -0.811. The maximum Gasteiger partial charge on any atom is 0.317 e. The fourth-order valence-electron chi connectivity index (χ4n) is 2.01. The van der Waals surface area contributed by atoms with Crippen LogP contribution in [0.15, 0.2) is 0 Å². The first-order chi connectivity index (χ1) is 9.99. The van der Waals surface area contributed by atoms with Gasteiger partial charge in [-0.05, 0) is 12.8 Å².